The van der Waals surface area contributed by atoms with Gasteiger partial charge in [0.05, 0.1) is 12.0 Å². The first kappa shape index (κ1) is 17.9. The van der Waals surface area contributed by atoms with E-state index in [1.54, 1.807) is 43.3 Å². The summed E-state index contributed by atoms with van der Waals surface area (Å²) in [5, 5.41) is 16.0. The van der Waals surface area contributed by atoms with Crippen LogP contribution in [0.5, 0.6) is 5.75 Å². The summed E-state index contributed by atoms with van der Waals surface area (Å²) in [5.41, 5.74) is 4.86. The number of rotatable bonds is 5. The molecule has 3 rings (SSSR count). The molecule has 0 aliphatic rings. The lowest BCUT2D eigenvalue weighted by molar-refractivity contribution is 0.0953. The van der Waals surface area contributed by atoms with Crippen LogP contribution in [0.15, 0.2) is 76.4 Å². The van der Waals surface area contributed by atoms with Crippen LogP contribution in [0, 0.1) is 0 Å². The molecule has 1 heterocycles. The summed E-state index contributed by atoms with van der Waals surface area (Å²) in [7, 11) is 0. The number of nitrogens with one attached hydrogen (secondary N) is 2. The van der Waals surface area contributed by atoms with E-state index in [0.717, 1.165) is 5.56 Å². The molecular formula is C20H17N3O4. The second-order valence-corrected chi connectivity index (χ2v) is 5.69. The zero-order valence-corrected chi connectivity index (χ0v) is 14.5. The van der Waals surface area contributed by atoms with E-state index in [9.17, 15) is 14.7 Å². The third kappa shape index (κ3) is 4.60. The van der Waals surface area contributed by atoms with Gasteiger partial charge in [-0.05, 0) is 61.0 Å². The number of furan rings is 1. The maximum atomic E-state index is 12.0. The van der Waals surface area contributed by atoms with Gasteiger partial charge in [-0.15, -0.1) is 0 Å². The van der Waals surface area contributed by atoms with Crippen LogP contribution in [-0.2, 0) is 0 Å². The van der Waals surface area contributed by atoms with Crippen molar-refractivity contribution in [2.24, 2.45) is 5.10 Å². The van der Waals surface area contributed by atoms with Gasteiger partial charge in [-0.3, -0.25) is 9.59 Å². The summed E-state index contributed by atoms with van der Waals surface area (Å²) in [4.78, 5) is 24.0. The highest BCUT2D eigenvalue weighted by atomic mass is 16.3. The molecule has 27 heavy (non-hydrogen) atoms. The zero-order valence-electron chi connectivity index (χ0n) is 14.5. The molecule has 136 valence electrons. The monoisotopic (exact) mass is 363 g/mol. The topological polar surface area (TPSA) is 104 Å². The molecule has 7 nitrogen and oxygen atoms in total. The molecule has 2 amide bonds. The Kier molecular flexibility index (Phi) is 5.32. The Balaban J connectivity index is 1.62. The Morgan fingerprint density at radius 1 is 0.926 bits per heavy atom. The van der Waals surface area contributed by atoms with E-state index >= 15 is 0 Å². The minimum atomic E-state index is -0.378. The summed E-state index contributed by atoms with van der Waals surface area (Å²) < 4.78 is 5.04. The molecule has 0 radical (unpaired) electrons. The minimum Gasteiger partial charge on any atom is -0.508 e. The molecule has 7 heteroatoms. The van der Waals surface area contributed by atoms with Crippen molar-refractivity contribution >= 4 is 23.2 Å². The number of phenols is 1. The molecule has 0 atom stereocenters. The van der Waals surface area contributed by atoms with Crippen LogP contribution in [-0.4, -0.2) is 22.6 Å². The van der Waals surface area contributed by atoms with Crippen molar-refractivity contribution in [3.05, 3.63) is 83.8 Å². The van der Waals surface area contributed by atoms with Crippen molar-refractivity contribution in [1.29, 1.82) is 0 Å². The van der Waals surface area contributed by atoms with E-state index in [1.165, 1.54) is 30.5 Å². The van der Waals surface area contributed by atoms with Gasteiger partial charge in [0.15, 0.2) is 5.76 Å². The first-order valence-electron chi connectivity index (χ1n) is 8.12. The first-order chi connectivity index (χ1) is 13.0. The molecular weight excluding hydrogens is 346 g/mol. The molecule has 3 N–H and O–H groups in total. The normalized spacial score (nSPS) is 11.1. The molecule has 0 saturated carbocycles. The first-order valence-corrected chi connectivity index (χ1v) is 8.12. The largest absolute Gasteiger partial charge is 0.508 e. The Morgan fingerprint density at radius 2 is 1.59 bits per heavy atom. The van der Waals surface area contributed by atoms with Crippen LogP contribution in [0.2, 0.25) is 0 Å². The summed E-state index contributed by atoms with van der Waals surface area (Å²) in [5.74, 6) is -0.393. The van der Waals surface area contributed by atoms with Crippen LogP contribution in [0.25, 0.3) is 0 Å². The van der Waals surface area contributed by atoms with E-state index in [0.29, 0.717) is 17.0 Å². The third-order valence-corrected chi connectivity index (χ3v) is 3.76. The van der Waals surface area contributed by atoms with Crippen molar-refractivity contribution in [3.63, 3.8) is 0 Å². The quantitative estimate of drug-likeness (QED) is 0.477. The van der Waals surface area contributed by atoms with Crippen molar-refractivity contribution in [2.45, 2.75) is 6.92 Å². The number of aromatic hydroxyl groups is 1. The second-order valence-electron chi connectivity index (χ2n) is 5.69. The molecule has 1 aromatic heterocycles. The maximum Gasteiger partial charge on any atom is 0.291 e. The maximum absolute atomic E-state index is 12.0. The van der Waals surface area contributed by atoms with E-state index in [2.05, 4.69) is 15.8 Å². The highest BCUT2D eigenvalue weighted by Gasteiger charge is 2.09. The number of hydrazone groups is 1. The van der Waals surface area contributed by atoms with E-state index < -0.39 is 0 Å². The lowest BCUT2D eigenvalue weighted by atomic mass is 10.1. The minimum absolute atomic E-state index is 0.0884. The van der Waals surface area contributed by atoms with Gasteiger partial charge in [0.2, 0.25) is 0 Å². The highest BCUT2D eigenvalue weighted by molar-refractivity contribution is 6.03. The smallest absolute Gasteiger partial charge is 0.291 e. The summed E-state index contributed by atoms with van der Waals surface area (Å²) in [6.07, 6.45) is 1.43. The van der Waals surface area contributed by atoms with Crippen molar-refractivity contribution in [2.75, 3.05) is 5.32 Å². The number of benzene rings is 2. The Hall–Kier alpha value is -3.87. The number of carbonyl (C=O) groups excluding carboxylic acids is 2. The van der Waals surface area contributed by atoms with Gasteiger partial charge in [0, 0.05) is 11.3 Å². The predicted octanol–water partition coefficient (Wildman–Crippen LogP) is 3.39. The number of carbonyl (C=O) groups is 2. The summed E-state index contributed by atoms with van der Waals surface area (Å²) in [6.45, 7) is 1.76. The van der Waals surface area contributed by atoms with Crippen LogP contribution in [0.4, 0.5) is 5.69 Å². The number of hydrogen-bond acceptors (Lipinski definition) is 5. The van der Waals surface area contributed by atoms with Gasteiger partial charge in [-0.25, -0.2) is 5.43 Å². The standard InChI is InChI=1S/C20H17N3O4/c1-13(22-23-19(25)15-6-10-17(24)11-7-15)14-4-8-16(9-5-14)21-20(26)18-3-2-12-27-18/h2-12,24H,1H3,(H,21,26)(H,23,25)/b22-13+. The predicted molar refractivity (Wildman–Crippen MR) is 101 cm³/mol. The lowest BCUT2D eigenvalue weighted by Gasteiger charge is -2.06. The van der Waals surface area contributed by atoms with Gasteiger partial charge >= 0.3 is 0 Å². The molecule has 2 aromatic carbocycles. The molecule has 0 fully saturated rings. The summed E-state index contributed by atoms with van der Waals surface area (Å²) >= 11 is 0. The number of nitrogens with zero attached hydrogens (tertiary/aromatic N) is 1. The fraction of sp³-hybridized carbons (Fsp3) is 0.0500. The SMILES string of the molecule is C/C(=N\NC(=O)c1ccc(O)cc1)c1ccc(NC(=O)c2ccco2)cc1. The van der Waals surface area contributed by atoms with Gasteiger partial charge in [-0.1, -0.05) is 12.1 Å². The summed E-state index contributed by atoms with van der Waals surface area (Å²) in [6, 6.07) is 16.1. The average molecular weight is 363 g/mol. The van der Waals surface area contributed by atoms with Crippen LogP contribution >= 0.6 is 0 Å². The Labute approximate surface area is 155 Å². The highest BCUT2D eigenvalue weighted by Crippen LogP contribution is 2.13. The van der Waals surface area contributed by atoms with E-state index in [4.69, 9.17) is 4.42 Å². The number of hydrogen-bond donors (Lipinski definition) is 3. The molecule has 0 aliphatic heterocycles. The van der Waals surface area contributed by atoms with E-state index in [-0.39, 0.29) is 23.3 Å². The average Bonchev–Trinajstić information content (AvgIpc) is 3.22. The van der Waals surface area contributed by atoms with Gasteiger partial charge < -0.3 is 14.8 Å². The van der Waals surface area contributed by atoms with Crippen molar-refractivity contribution in [1.82, 2.24) is 5.43 Å². The fourth-order valence-corrected chi connectivity index (χ4v) is 2.27. The number of phenolic OH excluding ortho intramolecular Hbond substituents is 1. The second kappa shape index (κ2) is 8.01. The van der Waals surface area contributed by atoms with Gasteiger partial charge in [0.1, 0.15) is 5.75 Å². The van der Waals surface area contributed by atoms with Gasteiger partial charge in [0.25, 0.3) is 11.8 Å². The third-order valence-electron chi connectivity index (χ3n) is 3.76. The molecule has 0 aliphatic carbocycles. The lowest BCUT2D eigenvalue weighted by Crippen LogP contribution is -2.19. The van der Waals surface area contributed by atoms with Crippen LogP contribution < -0.4 is 10.7 Å². The van der Waals surface area contributed by atoms with Crippen molar-refractivity contribution < 1.29 is 19.1 Å². The van der Waals surface area contributed by atoms with Crippen LogP contribution in [0.1, 0.15) is 33.4 Å². The molecule has 0 spiro atoms. The number of anilines is 1. The molecule has 0 saturated heterocycles. The Bertz CT molecular complexity index is 959. The zero-order chi connectivity index (χ0) is 19.2. The molecule has 0 unspecified atom stereocenters. The van der Waals surface area contributed by atoms with Gasteiger partial charge in [-0.2, -0.15) is 5.10 Å². The van der Waals surface area contributed by atoms with E-state index in [1.807, 2.05) is 0 Å². The molecule has 3 aromatic rings. The Morgan fingerprint density at radius 3 is 2.22 bits per heavy atom. The van der Waals surface area contributed by atoms with Crippen molar-refractivity contribution in [3.8, 4) is 5.75 Å². The molecule has 0 bridgehead atoms. The van der Waals surface area contributed by atoms with Crippen LogP contribution in [0.3, 0.4) is 0 Å². The number of amides is 2. The fourth-order valence-electron chi connectivity index (χ4n) is 2.27.